The van der Waals surface area contributed by atoms with E-state index in [0.29, 0.717) is 31.6 Å². The van der Waals surface area contributed by atoms with Crippen molar-refractivity contribution in [3.05, 3.63) is 35.4 Å². The lowest BCUT2D eigenvalue weighted by atomic mass is 9.86. The zero-order chi connectivity index (χ0) is 17.2. The molecule has 2 amide bonds. The zero-order valence-electron chi connectivity index (χ0n) is 13.2. The van der Waals surface area contributed by atoms with E-state index in [9.17, 15) is 18.0 Å². The molecule has 1 heterocycles. The van der Waals surface area contributed by atoms with E-state index in [-0.39, 0.29) is 18.0 Å². The van der Waals surface area contributed by atoms with E-state index in [1.807, 2.05) is 0 Å². The summed E-state index contributed by atoms with van der Waals surface area (Å²) in [5, 5.41) is 5.71. The van der Waals surface area contributed by atoms with Crippen LogP contribution in [0, 0.1) is 5.92 Å². The number of halogens is 3. The topological polar surface area (TPSA) is 50.4 Å². The van der Waals surface area contributed by atoms with Crippen LogP contribution < -0.4 is 10.6 Å². The number of urea groups is 1. The smallest absolute Gasteiger partial charge is 0.381 e. The van der Waals surface area contributed by atoms with Crippen LogP contribution in [0.1, 0.15) is 42.9 Å². The van der Waals surface area contributed by atoms with Crippen molar-refractivity contribution >= 4 is 6.03 Å². The molecule has 4 nitrogen and oxygen atoms in total. The van der Waals surface area contributed by atoms with Crippen molar-refractivity contribution in [3.8, 4) is 0 Å². The average Bonchev–Trinajstić information content (AvgIpc) is 3.37. The molecule has 1 aliphatic heterocycles. The first-order chi connectivity index (χ1) is 11.4. The highest BCUT2D eigenvalue weighted by atomic mass is 19.4. The van der Waals surface area contributed by atoms with Crippen molar-refractivity contribution in [2.24, 2.45) is 5.92 Å². The Balaban J connectivity index is 1.81. The Morgan fingerprint density at radius 3 is 2.50 bits per heavy atom. The Bertz CT molecular complexity index is 581. The second-order valence-electron chi connectivity index (χ2n) is 6.44. The minimum atomic E-state index is -4.40. The lowest BCUT2D eigenvalue weighted by molar-refractivity contribution is -0.137. The fourth-order valence-corrected chi connectivity index (χ4v) is 3.03. The van der Waals surface area contributed by atoms with Gasteiger partial charge in [0.05, 0.1) is 11.6 Å². The molecule has 1 saturated heterocycles. The predicted molar refractivity (Wildman–Crippen MR) is 82.4 cm³/mol. The summed E-state index contributed by atoms with van der Waals surface area (Å²) in [6.07, 6.45) is -1.06. The summed E-state index contributed by atoms with van der Waals surface area (Å²) in [7, 11) is 0. The Kier molecular flexibility index (Phi) is 4.99. The van der Waals surface area contributed by atoms with Crippen LogP contribution in [0.25, 0.3) is 0 Å². The van der Waals surface area contributed by atoms with Gasteiger partial charge in [-0.1, -0.05) is 12.1 Å². The highest BCUT2D eigenvalue weighted by Crippen LogP contribution is 2.34. The largest absolute Gasteiger partial charge is 0.416 e. The van der Waals surface area contributed by atoms with Gasteiger partial charge in [0, 0.05) is 19.3 Å². The van der Waals surface area contributed by atoms with Gasteiger partial charge in [-0.15, -0.1) is 0 Å². The summed E-state index contributed by atoms with van der Waals surface area (Å²) in [5.41, 5.74) is -0.205. The Hall–Kier alpha value is -1.76. The molecule has 1 unspecified atom stereocenters. The van der Waals surface area contributed by atoms with Gasteiger partial charge in [0.1, 0.15) is 0 Å². The van der Waals surface area contributed by atoms with E-state index in [1.54, 1.807) is 6.07 Å². The van der Waals surface area contributed by atoms with Crippen molar-refractivity contribution in [1.82, 2.24) is 10.6 Å². The fraction of sp³-hybridized carbons (Fsp3) is 0.588. The first kappa shape index (κ1) is 17.1. The fourth-order valence-electron chi connectivity index (χ4n) is 3.03. The second kappa shape index (κ2) is 7.01. The average molecular weight is 342 g/mol. The predicted octanol–water partition coefficient (Wildman–Crippen LogP) is 3.63. The van der Waals surface area contributed by atoms with Gasteiger partial charge in [0.15, 0.2) is 0 Å². The van der Waals surface area contributed by atoms with Crippen molar-refractivity contribution in [1.29, 1.82) is 0 Å². The Labute approximate surface area is 138 Å². The molecule has 132 valence electrons. The van der Waals surface area contributed by atoms with Gasteiger partial charge >= 0.3 is 12.2 Å². The number of carbonyl (C=O) groups is 1. The molecule has 0 spiro atoms. The van der Waals surface area contributed by atoms with Crippen LogP contribution >= 0.6 is 0 Å². The molecular formula is C17H21F3N2O2. The lowest BCUT2D eigenvalue weighted by Gasteiger charge is -2.31. The molecule has 0 bridgehead atoms. The summed E-state index contributed by atoms with van der Waals surface area (Å²) < 4.78 is 44.3. The Morgan fingerprint density at radius 1 is 1.17 bits per heavy atom. The number of nitrogens with one attached hydrogen (secondary N) is 2. The molecule has 1 aromatic rings. The van der Waals surface area contributed by atoms with Crippen LogP contribution in [0.3, 0.4) is 0 Å². The van der Waals surface area contributed by atoms with E-state index in [4.69, 9.17) is 4.74 Å². The maximum absolute atomic E-state index is 13.0. The molecule has 1 atom stereocenters. The molecule has 2 aliphatic rings. The van der Waals surface area contributed by atoms with Gasteiger partial charge < -0.3 is 15.4 Å². The minimum absolute atomic E-state index is 0.0622. The quantitative estimate of drug-likeness (QED) is 0.878. The molecule has 3 rings (SSSR count). The molecule has 2 fully saturated rings. The van der Waals surface area contributed by atoms with Crippen molar-refractivity contribution in [2.45, 2.75) is 43.9 Å². The monoisotopic (exact) mass is 342 g/mol. The van der Waals surface area contributed by atoms with Gasteiger partial charge in [0.25, 0.3) is 0 Å². The summed E-state index contributed by atoms with van der Waals surface area (Å²) in [4.78, 5) is 12.1. The number of rotatable bonds is 4. The molecule has 0 radical (unpaired) electrons. The normalized spacial score (nSPS) is 20.5. The first-order valence-electron chi connectivity index (χ1n) is 8.25. The first-order valence-corrected chi connectivity index (χ1v) is 8.25. The van der Waals surface area contributed by atoms with Crippen molar-refractivity contribution < 1.29 is 22.7 Å². The lowest BCUT2D eigenvalue weighted by Crippen LogP contribution is -2.42. The van der Waals surface area contributed by atoms with Gasteiger partial charge in [-0.2, -0.15) is 13.2 Å². The number of alkyl halides is 3. The number of ether oxygens (including phenoxy) is 1. The maximum atomic E-state index is 13.0. The van der Waals surface area contributed by atoms with E-state index in [2.05, 4.69) is 10.6 Å². The molecule has 1 saturated carbocycles. The summed E-state index contributed by atoms with van der Waals surface area (Å²) in [6.45, 7) is 1.12. The summed E-state index contributed by atoms with van der Waals surface area (Å²) >= 11 is 0. The molecule has 24 heavy (non-hydrogen) atoms. The van der Waals surface area contributed by atoms with E-state index >= 15 is 0 Å². The van der Waals surface area contributed by atoms with Gasteiger partial charge in [-0.25, -0.2) is 4.79 Å². The standard InChI is InChI=1S/C17H21F3N2O2/c18-17(19,20)13-3-1-2-12(10-13)15(11-6-8-24-9-7-11)22-16(23)21-14-4-5-14/h1-3,10-11,14-15H,4-9H2,(H2,21,22,23). The SMILES string of the molecule is O=C(NC1CC1)NC(c1cccc(C(F)(F)F)c1)C1CCOCC1. The zero-order valence-corrected chi connectivity index (χ0v) is 13.2. The van der Waals surface area contributed by atoms with E-state index < -0.39 is 17.8 Å². The van der Waals surface area contributed by atoms with Crippen LogP contribution in [0.5, 0.6) is 0 Å². The van der Waals surface area contributed by atoms with Crippen molar-refractivity contribution in [2.75, 3.05) is 13.2 Å². The molecule has 2 N–H and O–H groups in total. The summed E-state index contributed by atoms with van der Waals surface area (Å²) in [5.74, 6) is 0.0622. The third kappa shape index (κ3) is 4.41. The number of benzene rings is 1. The molecule has 1 aromatic carbocycles. The number of hydrogen-bond donors (Lipinski definition) is 2. The van der Waals surface area contributed by atoms with E-state index in [1.165, 1.54) is 6.07 Å². The molecule has 1 aliphatic carbocycles. The van der Waals surface area contributed by atoms with Crippen LogP contribution in [-0.2, 0) is 10.9 Å². The number of hydrogen-bond acceptors (Lipinski definition) is 2. The maximum Gasteiger partial charge on any atom is 0.416 e. The van der Waals surface area contributed by atoms with Gasteiger partial charge in [0.2, 0.25) is 0 Å². The Morgan fingerprint density at radius 2 is 1.88 bits per heavy atom. The van der Waals surface area contributed by atoms with E-state index in [0.717, 1.165) is 25.0 Å². The minimum Gasteiger partial charge on any atom is -0.381 e. The van der Waals surface area contributed by atoms with Gasteiger partial charge in [-0.05, 0) is 49.3 Å². The van der Waals surface area contributed by atoms with Crippen molar-refractivity contribution in [3.63, 3.8) is 0 Å². The highest BCUT2D eigenvalue weighted by molar-refractivity contribution is 5.75. The second-order valence-corrected chi connectivity index (χ2v) is 6.44. The molecular weight excluding hydrogens is 321 g/mol. The highest BCUT2D eigenvalue weighted by Gasteiger charge is 2.33. The van der Waals surface area contributed by atoms with Crippen LogP contribution in [0.4, 0.5) is 18.0 Å². The van der Waals surface area contributed by atoms with Gasteiger partial charge in [-0.3, -0.25) is 0 Å². The molecule has 0 aromatic heterocycles. The third-order valence-electron chi connectivity index (χ3n) is 4.51. The van der Waals surface area contributed by atoms with Crippen LogP contribution in [0.2, 0.25) is 0 Å². The number of amides is 2. The third-order valence-corrected chi connectivity index (χ3v) is 4.51. The molecule has 7 heteroatoms. The summed E-state index contributed by atoms with van der Waals surface area (Å²) in [6, 6.07) is 4.66. The van der Waals surface area contributed by atoms with Crippen LogP contribution in [0.15, 0.2) is 24.3 Å². The van der Waals surface area contributed by atoms with Crippen LogP contribution in [-0.4, -0.2) is 25.3 Å². The number of carbonyl (C=O) groups excluding carboxylic acids is 1.